The monoisotopic (exact) mass is 203 g/mol. The maximum Gasteiger partial charge on any atom is 0.176 e. The van der Waals surface area contributed by atoms with E-state index in [1.54, 1.807) is 31.5 Å². The third kappa shape index (κ3) is 1.46. The number of aromatic nitrogens is 2. The maximum atomic E-state index is 14.6. The number of aryl methyl sites for hydroxylation is 1. The zero-order chi connectivity index (χ0) is 10.9. The van der Waals surface area contributed by atoms with Gasteiger partial charge in [-0.3, -0.25) is 4.68 Å². The van der Waals surface area contributed by atoms with Gasteiger partial charge in [-0.25, -0.2) is 4.39 Å². The Balaban J connectivity index is 2.46. The van der Waals surface area contributed by atoms with Crippen molar-refractivity contribution in [2.24, 2.45) is 13.0 Å². The van der Waals surface area contributed by atoms with Crippen molar-refractivity contribution in [3.63, 3.8) is 0 Å². The van der Waals surface area contributed by atoms with E-state index in [1.807, 2.05) is 6.07 Å². The van der Waals surface area contributed by atoms with E-state index < -0.39 is 11.6 Å². The molecule has 2 atom stereocenters. The van der Waals surface area contributed by atoms with Gasteiger partial charge < -0.3 is 0 Å². The molecule has 1 aromatic rings. The van der Waals surface area contributed by atoms with Gasteiger partial charge in [0.2, 0.25) is 0 Å². The molecule has 0 amide bonds. The van der Waals surface area contributed by atoms with Crippen LogP contribution in [0.15, 0.2) is 36.7 Å². The van der Waals surface area contributed by atoms with Crippen molar-refractivity contribution in [3.8, 4) is 6.07 Å². The van der Waals surface area contributed by atoms with Crippen molar-refractivity contribution in [2.75, 3.05) is 0 Å². The molecule has 2 rings (SSSR count). The summed E-state index contributed by atoms with van der Waals surface area (Å²) in [4.78, 5) is 0. The first-order valence-electron chi connectivity index (χ1n) is 4.60. The molecule has 0 fully saturated rings. The van der Waals surface area contributed by atoms with Gasteiger partial charge in [-0.1, -0.05) is 18.2 Å². The molecule has 4 heteroatoms. The molecule has 1 heterocycles. The standard InChI is InChI=1S/C11H10FN3/c1-15-8-10(7-14-15)11(12)5-3-2-4-9(11)6-13/h2-5,7-9H,1H3. The van der Waals surface area contributed by atoms with Crippen LogP contribution in [0.25, 0.3) is 0 Å². The van der Waals surface area contributed by atoms with Crippen molar-refractivity contribution in [3.05, 3.63) is 42.3 Å². The summed E-state index contributed by atoms with van der Waals surface area (Å²) >= 11 is 0. The van der Waals surface area contributed by atoms with Gasteiger partial charge in [-0.05, 0) is 6.08 Å². The number of halogens is 1. The van der Waals surface area contributed by atoms with Crippen LogP contribution in [0.2, 0.25) is 0 Å². The molecule has 0 radical (unpaired) electrons. The fourth-order valence-corrected chi connectivity index (χ4v) is 1.65. The summed E-state index contributed by atoms with van der Waals surface area (Å²) in [5, 5.41) is 12.8. The number of hydrogen-bond acceptors (Lipinski definition) is 2. The van der Waals surface area contributed by atoms with Crippen molar-refractivity contribution >= 4 is 0 Å². The smallest absolute Gasteiger partial charge is 0.176 e. The Kier molecular flexibility index (Phi) is 2.16. The molecule has 0 spiro atoms. The normalized spacial score (nSPS) is 29.0. The van der Waals surface area contributed by atoms with E-state index >= 15 is 0 Å². The third-order valence-electron chi connectivity index (χ3n) is 2.49. The van der Waals surface area contributed by atoms with Crippen LogP contribution in [0.4, 0.5) is 4.39 Å². The number of hydrogen-bond donors (Lipinski definition) is 0. The quantitative estimate of drug-likeness (QED) is 0.699. The Morgan fingerprint density at radius 1 is 1.60 bits per heavy atom. The second kappa shape index (κ2) is 3.35. The molecule has 15 heavy (non-hydrogen) atoms. The highest BCUT2D eigenvalue weighted by molar-refractivity contribution is 5.35. The number of nitriles is 1. The van der Waals surface area contributed by atoms with Crippen molar-refractivity contribution in [2.45, 2.75) is 5.67 Å². The molecule has 1 aliphatic carbocycles. The highest BCUT2D eigenvalue weighted by Gasteiger charge is 2.39. The van der Waals surface area contributed by atoms with Gasteiger partial charge in [0.25, 0.3) is 0 Å². The summed E-state index contributed by atoms with van der Waals surface area (Å²) in [6, 6.07) is 1.95. The average molecular weight is 203 g/mol. The summed E-state index contributed by atoms with van der Waals surface area (Å²) < 4.78 is 16.1. The molecule has 2 unspecified atom stereocenters. The molecule has 0 aromatic carbocycles. The van der Waals surface area contributed by atoms with Gasteiger partial charge in [-0.15, -0.1) is 0 Å². The van der Waals surface area contributed by atoms with Crippen molar-refractivity contribution in [1.82, 2.24) is 9.78 Å². The van der Waals surface area contributed by atoms with Gasteiger partial charge in [0.1, 0.15) is 5.92 Å². The number of alkyl halides is 1. The second-order valence-corrected chi connectivity index (χ2v) is 3.52. The van der Waals surface area contributed by atoms with E-state index in [-0.39, 0.29) is 0 Å². The summed E-state index contributed by atoms with van der Waals surface area (Å²) in [7, 11) is 1.72. The fraction of sp³-hybridized carbons (Fsp3) is 0.273. The molecule has 0 N–H and O–H groups in total. The summed E-state index contributed by atoms with van der Waals surface area (Å²) in [5.74, 6) is -0.785. The van der Waals surface area contributed by atoms with Crippen LogP contribution in [0, 0.1) is 17.2 Å². The first-order chi connectivity index (χ1) is 7.16. The molecule has 1 aliphatic rings. The second-order valence-electron chi connectivity index (χ2n) is 3.52. The molecule has 0 saturated heterocycles. The van der Waals surface area contributed by atoms with E-state index in [0.29, 0.717) is 5.56 Å². The van der Waals surface area contributed by atoms with Crippen LogP contribution in [0.1, 0.15) is 5.56 Å². The molecule has 0 bridgehead atoms. The molecule has 76 valence electrons. The lowest BCUT2D eigenvalue weighted by atomic mass is 9.82. The molecule has 0 aliphatic heterocycles. The van der Waals surface area contributed by atoms with Crippen LogP contribution in [-0.4, -0.2) is 9.78 Å². The van der Waals surface area contributed by atoms with Crippen molar-refractivity contribution < 1.29 is 4.39 Å². The highest BCUT2D eigenvalue weighted by Crippen LogP contribution is 2.38. The van der Waals surface area contributed by atoms with E-state index in [0.717, 1.165) is 0 Å². The van der Waals surface area contributed by atoms with Gasteiger partial charge in [0.05, 0.1) is 12.3 Å². The van der Waals surface area contributed by atoms with Crippen LogP contribution in [-0.2, 0) is 12.7 Å². The van der Waals surface area contributed by atoms with Crippen LogP contribution in [0.3, 0.4) is 0 Å². The zero-order valence-corrected chi connectivity index (χ0v) is 8.26. The first kappa shape index (κ1) is 9.66. The minimum absolute atomic E-state index is 0.414. The predicted octanol–water partition coefficient (Wildman–Crippen LogP) is 1.85. The highest BCUT2D eigenvalue weighted by atomic mass is 19.1. The SMILES string of the molecule is Cn1cc(C2(F)C=CC=CC2C#N)cn1. The lowest BCUT2D eigenvalue weighted by Crippen LogP contribution is -2.27. The van der Waals surface area contributed by atoms with Gasteiger partial charge in [0, 0.05) is 18.8 Å². The Morgan fingerprint density at radius 2 is 2.40 bits per heavy atom. The summed E-state index contributed by atoms with van der Waals surface area (Å²) in [6.07, 6.45) is 9.30. The van der Waals surface area contributed by atoms with Gasteiger partial charge >= 0.3 is 0 Å². The number of rotatable bonds is 1. The maximum absolute atomic E-state index is 14.6. The average Bonchev–Trinajstić information content (AvgIpc) is 2.66. The summed E-state index contributed by atoms with van der Waals surface area (Å²) in [5.41, 5.74) is -1.34. The minimum Gasteiger partial charge on any atom is -0.275 e. The lowest BCUT2D eigenvalue weighted by Gasteiger charge is -2.25. The van der Waals surface area contributed by atoms with Gasteiger partial charge in [0.15, 0.2) is 5.67 Å². The third-order valence-corrected chi connectivity index (χ3v) is 2.49. The first-order valence-corrected chi connectivity index (χ1v) is 4.60. The zero-order valence-electron chi connectivity index (χ0n) is 8.26. The van der Waals surface area contributed by atoms with E-state index in [4.69, 9.17) is 5.26 Å². The topological polar surface area (TPSA) is 41.6 Å². The fourth-order valence-electron chi connectivity index (χ4n) is 1.65. The van der Waals surface area contributed by atoms with E-state index in [9.17, 15) is 4.39 Å². The summed E-state index contributed by atoms with van der Waals surface area (Å²) in [6.45, 7) is 0. The van der Waals surface area contributed by atoms with E-state index in [2.05, 4.69) is 5.10 Å². The lowest BCUT2D eigenvalue weighted by molar-refractivity contribution is 0.196. The van der Waals surface area contributed by atoms with Crippen molar-refractivity contribution in [1.29, 1.82) is 5.26 Å². The number of nitrogens with zero attached hydrogens (tertiary/aromatic N) is 3. The van der Waals surface area contributed by atoms with E-state index in [1.165, 1.54) is 17.0 Å². The molecule has 3 nitrogen and oxygen atoms in total. The molecular weight excluding hydrogens is 193 g/mol. The Hall–Kier alpha value is -1.89. The predicted molar refractivity (Wildman–Crippen MR) is 53.4 cm³/mol. The Bertz CT molecular complexity index is 466. The van der Waals surface area contributed by atoms with Crippen LogP contribution >= 0.6 is 0 Å². The number of allylic oxidation sites excluding steroid dienone is 4. The minimum atomic E-state index is -1.75. The Labute approximate surface area is 87.1 Å². The molecule has 1 aromatic heterocycles. The largest absolute Gasteiger partial charge is 0.275 e. The van der Waals surface area contributed by atoms with Crippen LogP contribution in [0.5, 0.6) is 0 Å². The van der Waals surface area contributed by atoms with Crippen LogP contribution < -0.4 is 0 Å². The van der Waals surface area contributed by atoms with Gasteiger partial charge in [-0.2, -0.15) is 10.4 Å². The molecule has 0 saturated carbocycles. The Morgan fingerprint density at radius 3 is 3.00 bits per heavy atom. The molecular formula is C11H10FN3.